The number of amides is 1. The first-order valence-electron chi connectivity index (χ1n) is 11.6. The van der Waals surface area contributed by atoms with Crippen molar-refractivity contribution < 1.29 is 28.2 Å². The number of esters is 1. The van der Waals surface area contributed by atoms with E-state index in [0.717, 1.165) is 21.9 Å². The van der Waals surface area contributed by atoms with E-state index in [0.29, 0.717) is 12.8 Å². The zero-order valence-electron chi connectivity index (χ0n) is 19.9. The second kappa shape index (κ2) is 13.6. The maximum Gasteiger partial charge on any atom is 0.494 e. The molecule has 3 aromatic carbocycles. The highest BCUT2D eigenvalue weighted by Crippen LogP contribution is 2.35. The second-order valence-corrected chi connectivity index (χ2v) is 8.70. The highest BCUT2D eigenvalue weighted by atomic mass is 31.1. The highest BCUT2D eigenvalue weighted by Gasteiger charge is 2.32. The molecule has 8 heteroatoms. The van der Waals surface area contributed by atoms with Crippen molar-refractivity contribution in [2.24, 2.45) is 5.92 Å². The lowest BCUT2D eigenvalue weighted by molar-refractivity contribution is -0.146. The number of hydrogen-bond donors (Lipinski definition) is 1. The Morgan fingerprint density at radius 1 is 0.971 bits per heavy atom. The van der Waals surface area contributed by atoms with Crippen molar-refractivity contribution in [1.82, 2.24) is 5.32 Å². The Bertz CT molecular complexity index is 1120. The van der Waals surface area contributed by atoms with Gasteiger partial charge in [0.1, 0.15) is 13.2 Å². The molecule has 0 fully saturated rings. The summed E-state index contributed by atoms with van der Waals surface area (Å²) in [5.74, 6) is -1.35. The second-order valence-electron chi connectivity index (χ2n) is 8.25. The van der Waals surface area contributed by atoms with Crippen LogP contribution in [0.3, 0.4) is 0 Å². The Morgan fingerprint density at radius 2 is 1.69 bits per heavy atom. The van der Waals surface area contributed by atoms with Crippen molar-refractivity contribution in [2.45, 2.75) is 38.3 Å². The Hall–Kier alpha value is -3.28. The van der Waals surface area contributed by atoms with Gasteiger partial charge in [0.25, 0.3) is 0 Å². The zero-order valence-corrected chi connectivity index (χ0v) is 20.9. The normalized spacial score (nSPS) is 13.7. The van der Waals surface area contributed by atoms with Crippen molar-refractivity contribution in [3.05, 3.63) is 83.9 Å². The molecule has 0 aliphatic carbocycles. The van der Waals surface area contributed by atoms with Crippen LogP contribution in [0.15, 0.2) is 72.8 Å². The number of benzene rings is 3. The lowest BCUT2D eigenvalue weighted by atomic mass is 9.80. The molecule has 0 aliphatic heterocycles. The van der Waals surface area contributed by atoms with Crippen molar-refractivity contribution in [2.75, 3.05) is 13.7 Å². The van der Waals surface area contributed by atoms with Gasteiger partial charge >= 0.3 is 20.7 Å². The summed E-state index contributed by atoms with van der Waals surface area (Å²) in [5, 5.41) is 5.10. The van der Waals surface area contributed by atoms with Gasteiger partial charge in [-0.25, -0.2) is 4.79 Å². The van der Waals surface area contributed by atoms with Gasteiger partial charge in [0.2, 0.25) is 0 Å². The van der Waals surface area contributed by atoms with E-state index in [1.807, 2.05) is 79.7 Å². The number of nitrogens with one attached hydrogen (secondary N) is 1. The molecule has 184 valence electrons. The van der Waals surface area contributed by atoms with Crippen LogP contribution in [0.2, 0.25) is 0 Å². The maximum atomic E-state index is 12.7. The van der Waals surface area contributed by atoms with Gasteiger partial charge in [-0.2, -0.15) is 0 Å². The standard InChI is InChI=1S/C27H30NO6P/c1-3-25(28-27(30)33-17-19-10-5-4-6-11-19)24(16-21(18-34-35-31)26(29)32-2)23-15-9-13-20-12-7-8-14-22(20)23/h4-15,21,24-25,35H,3,16-18H2,1-2H3/p+1. The van der Waals surface area contributed by atoms with E-state index in [2.05, 4.69) is 5.32 Å². The Kier molecular flexibility index (Phi) is 10.2. The third-order valence-corrected chi connectivity index (χ3v) is 6.37. The topological polar surface area (TPSA) is 90.9 Å². The van der Waals surface area contributed by atoms with E-state index in [-0.39, 0.29) is 25.2 Å². The van der Waals surface area contributed by atoms with Crippen LogP contribution in [-0.4, -0.2) is 31.8 Å². The SMILES string of the molecule is CCC(NC(=O)OCc1ccccc1)C(CC(CO[PH+]=O)C(=O)OC)c1cccc2ccccc12. The summed E-state index contributed by atoms with van der Waals surface area (Å²) in [6, 6.07) is 23.1. The lowest BCUT2D eigenvalue weighted by Crippen LogP contribution is -2.40. The Labute approximate surface area is 207 Å². The molecule has 0 spiro atoms. The maximum absolute atomic E-state index is 12.7. The third-order valence-electron chi connectivity index (χ3n) is 6.08. The van der Waals surface area contributed by atoms with Gasteiger partial charge in [-0.1, -0.05) is 79.7 Å². The summed E-state index contributed by atoms with van der Waals surface area (Å²) in [4.78, 5) is 25.3. The van der Waals surface area contributed by atoms with Gasteiger partial charge in [-0.05, 0) is 39.3 Å². The molecule has 3 rings (SSSR count). The Balaban J connectivity index is 1.89. The van der Waals surface area contributed by atoms with Gasteiger partial charge < -0.3 is 14.8 Å². The van der Waals surface area contributed by atoms with Crippen molar-refractivity contribution >= 4 is 31.5 Å². The molecule has 0 aliphatic rings. The average Bonchev–Trinajstić information content (AvgIpc) is 2.91. The molecule has 0 saturated carbocycles. The first kappa shape index (κ1) is 26.3. The zero-order chi connectivity index (χ0) is 25.0. The largest absolute Gasteiger partial charge is 0.494 e. The lowest BCUT2D eigenvalue weighted by Gasteiger charge is -2.30. The molecular weight excluding hydrogens is 465 g/mol. The van der Waals surface area contributed by atoms with E-state index in [4.69, 9.17) is 14.0 Å². The summed E-state index contributed by atoms with van der Waals surface area (Å²) < 4.78 is 26.5. The van der Waals surface area contributed by atoms with Gasteiger partial charge in [0.05, 0.1) is 13.0 Å². The van der Waals surface area contributed by atoms with Crippen LogP contribution in [0.4, 0.5) is 4.79 Å². The monoisotopic (exact) mass is 496 g/mol. The summed E-state index contributed by atoms with van der Waals surface area (Å²) >= 11 is 0. The number of rotatable bonds is 12. The van der Waals surface area contributed by atoms with Gasteiger partial charge in [-0.15, -0.1) is 4.52 Å². The van der Waals surface area contributed by atoms with Crippen molar-refractivity contribution in [1.29, 1.82) is 0 Å². The molecule has 0 heterocycles. The molecule has 0 aromatic heterocycles. The van der Waals surface area contributed by atoms with Crippen molar-refractivity contribution in [3.8, 4) is 0 Å². The van der Waals surface area contributed by atoms with Crippen LogP contribution in [0.5, 0.6) is 0 Å². The van der Waals surface area contributed by atoms with Crippen LogP contribution >= 0.6 is 8.69 Å². The number of methoxy groups -OCH3 is 1. The van der Waals surface area contributed by atoms with E-state index >= 15 is 0 Å². The molecule has 7 nitrogen and oxygen atoms in total. The molecule has 35 heavy (non-hydrogen) atoms. The molecular formula is C27H31NO6P+. The predicted octanol–water partition coefficient (Wildman–Crippen LogP) is 5.76. The average molecular weight is 497 g/mol. The van der Waals surface area contributed by atoms with E-state index in [1.54, 1.807) is 0 Å². The third kappa shape index (κ3) is 7.35. The minimum Gasteiger partial charge on any atom is -0.469 e. The molecule has 3 aromatic rings. The quantitative estimate of drug-likeness (QED) is 0.253. The highest BCUT2D eigenvalue weighted by molar-refractivity contribution is 7.17. The van der Waals surface area contributed by atoms with E-state index in [1.165, 1.54) is 7.11 Å². The molecule has 0 bridgehead atoms. The molecule has 0 saturated heterocycles. The van der Waals surface area contributed by atoms with E-state index < -0.39 is 26.7 Å². The summed E-state index contributed by atoms with van der Waals surface area (Å²) in [6.45, 7) is 2.10. The van der Waals surface area contributed by atoms with Crippen LogP contribution in [0.1, 0.15) is 36.8 Å². The predicted molar refractivity (Wildman–Crippen MR) is 136 cm³/mol. The van der Waals surface area contributed by atoms with Crippen LogP contribution < -0.4 is 5.32 Å². The molecule has 4 unspecified atom stereocenters. The molecule has 4 atom stereocenters. The van der Waals surface area contributed by atoms with Crippen LogP contribution in [0, 0.1) is 5.92 Å². The van der Waals surface area contributed by atoms with Crippen LogP contribution in [-0.2, 0) is 30.0 Å². The van der Waals surface area contributed by atoms with Crippen LogP contribution in [0.25, 0.3) is 10.8 Å². The number of fused-ring (bicyclic) bond motifs is 1. The number of hydrogen-bond acceptors (Lipinski definition) is 6. The fourth-order valence-corrected chi connectivity index (χ4v) is 4.59. The summed E-state index contributed by atoms with van der Waals surface area (Å²) in [6.07, 6.45) is 0.410. The van der Waals surface area contributed by atoms with Gasteiger partial charge in [-0.3, -0.25) is 4.79 Å². The summed E-state index contributed by atoms with van der Waals surface area (Å²) in [7, 11) is 0.340. The summed E-state index contributed by atoms with van der Waals surface area (Å²) in [5.41, 5.74) is 1.89. The molecule has 1 N–H and O–H groups in total. The minimum absolute atomic E-state index is 0.0369. The number of ether oxygens (including phenoxy) is 2. The fourth-order valence-electron chi connectivity index (χ4n) is 4.33. The number of alkyl carbamates (subject to hydrolysis) is 1. The Morgan fingerprint density at radius 3 is 2.40 bits per heavy atom. The first-order valence-corrected chi connectivity index (χ1v) is 12.4. The number of carbonyl (C=O) groups excluding carboxylic acids is 2. The van der Waals surface area contributed by atoms with Crippen molar-refractivity contribution in [3.63, 3.8) is 0 Å². The fraction of sp³-hybridized carbons (Fsp3) is 0.333. The molecule has 1 amide bonds. The minimum atomic E-state index is -0.978. The molecule has 0 radical (unpaired) electrons. The first-order chi connectivity index (χ1) is 17.1. The number of carbonyl (C=O) groups is 2. The van der Waals surface area contributed by atoms with E-state index in [9.17, 15) is 14.2 Å². The smallest absolute Gasteiger partial charge is 0.469 e. The van der Waals surface area contributed by atoms with Gasteiger partial charge in [0.15, 0.2) is 0 Å². The van der Waals surface area contributed by atoms with Gasteiger partial charge in [0, 0.05) is 12.0 Å².